The van der Waals surface area contributed by atoms with Crippen LogP contribution in [-0.4, -0.2) is 32.4 Å². The van der Waals surface area contributed by atoms with E-state index in [9.17, 15) is 4.79 Å². The molecule has 3 heterocycles. The van der Waals surface area contributed by atoms with Crippen LogP contribution in [0.5, 0.6) is 0 Å². The standard InChI is InChI=1S/C20H22N4O/c1-15-12-19(16(2)24(15)14-18-6-4-5-9-22-18)20(25)23(3)13-17-7-10-21-11-8-17/h4-12H,13-14H2,1-3H3. The highest BCUT2D eigenvalue weighted by Crippen LogP contribution is 2.19. The van der Waals surface area contributed by atoms with Crippen LogP contribution in [0.1, 0.15) is 33.0 Å². The van der Waals surface area contributed by atoms with Crippen LogP contribution in [0.15, 0.2) is 55.0 Å². The number of hydrogen-bond donors (Lipinski definition) is 0. The van der Waals surface area contributed by atoms with Gasteiger partial charge in [-0.1, -0.05) is 6.07 Å². The molecule has 0 bridgehead atoms. The van der Waals surface area contributed by atoms with Crippen molar-refractivity contribution in [1.29, 1.82) is 0 Å². The summed E-state index contributed by atoms with van der Waals surface area (Å²) in [6.07, 6.45) is 5.27. The maximum atomic E-state index is 12.9. The number of aryl methyl sites for hydroxylation is 1. The predicted molar refractivity (Wildman–Crippen MR) is 97.3 cm³/mol. The highest BCUT2D eigenvalue weighted by molar-refractivity contribution is 5.95. The van der Waals surface area contributed by atoms with Crippen LogP contribution in [0, 0.1) is 13.8 Å². The van der Waals surface area contributed by atoms with Gasteiger partial charge in [-0.15, -0.1) is 0 Å². The lowest BCUT2D eigenvalue weighted by molar-refractivity contribution is 0.0784. The van der Waals surface area contributed by atoms with Gasteiger partial charge < -0.3 is 9.47 Å². The fourth-order valence-electron chi connectivity index (χ4n) is 2.95. The largest absolute Gasteiger partial charge is 0.342 e. The van der Waals surface area contributed by atoms with Gasteiger partial charge in [0.25, 0.3) is 5.91 Å². The topological polar surface area (TPSA) is 51.0 Å². The Morgan fingerprint density at radius 1 is 1.12 bits per heavy atom. The van der Waals surface area contributed by atoms with Crippen molar-refractivity contribution in [3.8, 4) is 0 Å². The summed E-state index contributed by atoms with van der Waals surface area (Å²) in [6, 6.07) is 11.7. The Bertz CT molecular complexity index is 856. The fraction of sp³-hybridized carbons (Fsp3) is 0.250. The molecule has 0 saturated carbocycles. The molecule has 128 valence electrons. The van der Waals surface area contributed by atoms with Gasteiger partial charge >= 0.3 is 0 Å². The molecule has 0 N–H and O–H groups in total. The first-order chi connectivity index (χ1) is 12.1. The third-order valence-electron chi connectivity index (χ3n) is 4.37. The summed E-state index contributed by atoms with van der Waals surface area (Å²) >= 11 is 0. The van der Waals surface area contributed by atoms with Crippen LogP contribution in [-0.2, 0) is 13.1 Å². The second-order valence-electron chi connectivity index (χ2n) is 6.21. The molecule has 25 heavy (non-hydrogen) atoms. The lowest BCUT2D eigenvalue weighted by Crippen LogP contribution is -2.26. The Morgan fingerprint density at radius 3 is 2.56 bits per heavy atom. The minimum absolute atomic E-state index is 0.0252. The summed E-state index contributed by atoms with van der Waals surface area (Å²) in [5.41, 5.74) is 4.81. The van der Waals surface area contributed by atoms with E-state index in [0.717, 1.165) is 28.2 Å². The van der Waals surface area contributed by atoms with Gasteiger partial charge in [0, 0.05) is 43.6 Å². The van der Waals surface area contributed by atoms with E-state index in [-0.39, 0.29) is 5.91 Å². The Balaban J connectivity index is 1.80. The first-order valence-corrected chi connectivity index (χ1v) is 8.27. The van der Waals surface area contributed by atoms with Gasteiger partial charge in [0.05, 0.1) is 17.8 Å². The molecule has 3 aromatic rings. The Labute approximate surface area is 148 Å². The smallest absolute Gasteiger partial charge is 0.255 e. The van der Waals surface area contributed by atoms with E-state index < -0.39 is 0 Å². The molecule has 3 aromatic heterocycles. The molecule has 0 saturated heterocycles. The molecule has 0 spiro atoms. The monoisotopic (exact) mass is 334 g/mol. The number of aromatic nitrogens is 3. The molecule has 5 heteroatoms. The molecule has 0 atom stereocenters. The summed E-state index contributed by atoms with van der Waals surface area (Å²) in [5.74, 6) is 0.0252. The molecule has 1 amide bonds. The summed E-state index contributed by atoms with van der Waals surface area (Å²) in [4.78, 5) is 23.0. The lowest BCUT2D eigenvalue weighted by atomic mass is 10.2. The van der Waals surface area contributed by atoms with Crippen molar-refractivity contribution < 1.29 is 4.79 Å². The van der Waals surface area contributed by atoms with Crippen LogP contribution >= 0.6 is 0 Å². The van der Waals surface area contributed by atoms with Crippen LogP contribution in [0.2, 0.25) is 0 Å². The maximum Gasteiger partial charge on any atom is 0.255 e. The van der Waals surface area contributed by atoms with Gasteiger partial charge in [-0.05, 0) is 49.7 Å². The second kappa shape index (κ2) is 7.30. The number of amides is 1. The van der Waals surface area contributed by atoms with Crippen LogP contribution < -0.4 is 0 Å². The average Bonchev–Trinajstić information content (AvgIpc) is 2.91. The summed E-state index contributed by atoms with van der Waals surface area (Å²) in [7, 11) is 1.83. The average molecular weight is 334 g/mol. The number of nitrogens with zero attached hydrogens (tertiary/aromatic N) is 4. The Morgan fingerprint density at radius 2 is 1.88 bits per heavy atom. The zero-order chi connectivity index (χ0) is 17.8. The second-order valence-corrected chi connectivity index (χ2v) is 6.21. The van der Waals surface area contributed by atoms with E-state index in [1.807, 2.05) is 57.3 Å². The highest BCUT2D eigenvalue weighted by atomic mass is 16.2. The van der Waals surface area contributed by atoms with Gasteiger partial charge in [0.1, 0.15) is 0 Å². The Hall–Kier alpha value is -2.95. The molecule has 0 aliphatic carbocycles. The minimum Gasteiger partial charge on any atom is -0.342 e. The van der Waals surface area contributed by atoms with E-state index in [1.165, 1.54) is 0 Å². The predicted octanol–water partition coefficient (Wildman–Crippen LogP) is 3.22. The summed E-state index contributed by atoms with van der Waals surface area (Å²) in [6.45, 7) is 5.24. The Kier molecular flexibility index (Phi) is 4.93. The third kappa shape index (κ3) is 3.76. The van der Waals surface area contributed by atoms with Crippen molar-refractivity contribution >= 4 is 5.91 Å². The van der Waals surface area contributed by atoms with E-state index in [4.69, 9.17) is 0 Å². The van der Waals surface area contributed by atoms with Crippen molar-refractivity contribution in [2.75, 3.05) is 7.05 Å². The number of rotatable bonds is 5. The SMILES string of the molecule is Cc1cc(C(=O)N(C)Cc2ccncc2)c(C)n1Cc1ccccn1. The molecule has 3 rings (SSSR count). The zero-order valence-electron chi connectivity index (χ0n) is 14.8. The van der Waals surface area contributed by atoms with Gasteiger partial charge in [-0.3, -0.25) is 14.8 Å². The number of carbonyl (C=O) groups is 1. The van der Waals surface area contributed by atoms with Crippen molar-refractivity contribution in [3.05, 3.63) is 83.2 Å². The van der Waals surface area contributed by atoms with Crippen molar-refractivity contribution in [1.82, 2.24) is 19.4 Å². The molecule has 0 aliphatic rings. The summed E-state index contributed by atoms with van der Waals surface area (Å²) in [5, 5.41) is 0. The van der Waals surface area contributed by atoms with E-state index in [0.29, 0.717) is 13.1 Å². The van der Waals surface area contributed by atoms with Crippen molar-refractivity contribution in [2.45, 2.75) is 26.9 Å². The molecule has 0 radical (unpaired) electrons. The maximum absolute atomic E-state index is 12.9. The molecular weight excluding hydrogens is 312 g/mol. The van der Waals surface area contributed by atoms with E-state index in [2.05, 4.69) is 14.5 Å². The number of carbonyl (C=O) groups excluding carboxylic acids is 1. The molecule has 0 fully saturated rings. The lowest BCUT2D eigenvalue weighted by Gasteiger charge is -2.17. The molecule has 5 nitrogen and oxygen atoms in total. The highest BCUT2D eigenvalue weighted by Gasteiger charge is 2.19. The molecule has 0 unspecified atom stereocenters. The van der Waals surface area contributed by atoms with Crippen molar-refractivity contribution in [2.24, 2.45) is 0 Å². The molecular formula is C20H22N4O. The first-order valence-electron chi connectivity index (χ1n) is 8.27. The molecule has 0 aromatic carbocycles. The van der Waals surface area contributed by atoms with E-state index in [1.54, 1.807) is 23.5 Å². The van der Waals surface area contributed by atoms with Gasteiger partial charge in [0.2, 0.25) is 0 Å². The minimum atomic E-state index is 0.0252. The first kappa shape index (κ1) is 16.9. The van der Waals surface area contributed by atoms with Crippen molar-refractivity contribution in [3.63, 3.8) is 0 Å². The fourth-order valence-corrected chi connectivity index (χ4v) is 2.95. The number of pyridine rings is 2. The number of hydrogen-bond acceptors (Lipinski definition) is 3. The van der Waals surface area contributed by atoms with Gasteiger partial charge in [0.15, 0.2) is 0 Å². The summed E-state index contributed by atoms with van der Waals surface area (Å²) < 4.78 is 2.13. The zero-order valence-corrected chi connectivity index (χ0v) is 14.8. The normalized spacial score (nSPS) is 10.7. The van der Waals surface area contributed by atoms with Crippen LogP contribution in [0.4, 0.5) is 0 Å². The third-order valence-corrected chi connectivity index (χ3v) is 4.37. The van der Waals surface area contributed by atoms with Gasteiger partial charge in [-0.25, -0.2) is 0 Å². The van der Waals surface area contributed by atoms with E-state index >= 15 is 0 Å². The molecule has 0 aliphatic heterocycles. The van der Waals surface area contributed by atoms with Crippen LogP contribution in [0.3, 0.4) is 0 Å². The quantitative estimate of drug-likeness (QED) is 0.720. The van der Waals surface area contributed by atoms with Gasteiger partial charge in [-0.2, -0.15) is 0 Å². The van der Waals surface area contributed by atoms with Crippen LogP contribution in [0.25, 0.3) is 0 Å².